The maximum Gasteiger partial charge on any atom is 0.213 e. The number of tetrazole rings is 1. The molecule has 0 atom stereocenters. The molecule has 0 saturated carbocycles. The number of pyridine rings is 1. The molecule has 0 aliphatic rings. The Labute approximate surface area is 89.9 Å². The van der Waals surface area contributed by atoms with Gasteiger partial charge in [-0.15, -0.1) is 5.10 Å². The highest BCUT2D eigenvalue weighted by Crippen LogP contribution is 2.23. The Bertz CT molecular complexity index is 497. The van der Waals surface area contributed by atoms with Crippen molar-refractivity contribution in [3.63, 3.8) is 0 Å². The van der Waals surface area contributed by atoms with Crippen LogP contribution in [-0.4, -0.2) is 25.2 Å². The topological polar surface area (TPSA) is 80.3 Å². The number of rotatable bonds is 2. The van der Waals surface area contributed by atoms with Gasteiger partial charge in [-0.1, -0.05) is 0 Å². The number of hydrogen-bond acceptors (Lipinski definition) is 6. The lowest BCUT2D eigenvalue weighted by Gasteiger charge is -1.97. The van der Waals surface area contributed by atoms with E-state index in [9.17, 15) is 0 Å². The minimum atomic E-state index is 0.399. The zero-order valence-electron chi connectivity index (χ0n) is 7.82. The second-order valence-corrected chi connectivity index (χ2v) is 3.72. The van der Waals surface area contributed by atoms with Crippen LogP contribution in [0.5, 0.6) is 0 Å². The van der Waals surface area contributed by atoms with Gasteiger partial charge in [0.05, 0.1) is 0 Å². The van der Waals surface area contributed by atoms with Crippen molar-refractivity contribution >= 4 is 11.8 Å². The molecule has 15 heavy (non-hydrogen) atoms. The summed E-state index contributed by atoms with van der Waals surface area (Å²) < 4.78 is 1.57. The molecule has 6 nitrogen and oxygen atoms in total. The molecule has 0 unspecified atom stereocenters. The summed E-state index contributed by atoms with van der Waals surface area (Å²) in [5.41, 5.74) is 0.399. The highest BCUT2D eigenvalue weighted by atomic mass is 32.2. The van der Waals surface area contributed by atoms with Gasteiger partial charge in [0.25, 0.3) is 0 Å². The normalized spacial score (nSPS) is 9.87. The first-order valence-corrected chi connectivity index (χ1v) is 4.87. The van der Waals surface area contributed by atoms with Crippen molar-refractivity contribution in [2.75, 3.05) is 0 Å². The molecule has 2 aromatic heterocycles. The molecule has 0 amide bonds. The van der Waals surface area contributed by atoms with Crippen LogP contribution in [0, 0.1) is 11.3 Å². The largest absolute Gasteiger partial charge is 0.244 e. The van der Waals surface area contributed by atoms with E-state index in [1.54, 1.807) is 24.0 Å². The van der Waals surface area contributed by atoms with E-state index in [4.69, 9.17) is 5.26 Å². The van der Waals surface area contributed by atoms with Crippen LogP contribution in [0.3, 0.4) is 0 Å². The van der Waals surface area contributed by atoms with Crippen LogP contribution < -0.4 is 0 Å². The van der Waals surface area contributed by atoms with Gasteiger partial charge in [-0.2, -0.15) is 5.26 Å². The van der Waals surface area contributed by atoms with Crippen LogP contribution in [0.1, 0.15) is 5.69 Å². The van der Waals surface area contributed by atoms with Crippen molar-refractivity contribution in [1.29, 1.82) is 5.26 Å². The standard InChI is InChI=1S/C8H6N6S/c1-14-8(11-12-13-14)15-7-3-2-6(4-9)10-5-7/h2-3,5H,1H3. The van der Waals surface area contributed by atoms with E-state index in [1.807, 2.05) is 12.1 Å². The van der Waals surface area contributed by atoms with Gasteiger partial charge in [0.1, 0.15) is 11.8 Å². The molecular weight excluding hydrogens is 212 g/mol. The van der Waals surface area contributed by atoms with E-state index in [0.717, 1.165) is 4.90 Å². The predicted molar refractivity (Wildman–Crippen MR) is 51.9 cm³/mol. The van der Waals surface area contributed by atoms with Gasteiger partial charge in [0.2, 0.25) is 5.16 Å². The molecule has 2 heterocycles. The lowest BCUT2D eigenvalue weighted by atomic mass is 10.4. The smallest absolute Gasteiger partial charge is 0.213 e. The van der Waals surface area contributed by atoms with Gasteiger partial charge >= 0.3 is 0 Å². The molecule has 7 heteroatoms. The Morgan fingerprint density at radius 3 is 2.87 bits per heavy atom. The number of aromatic nitrogens is 5. The lowest BCUT2D eigenvalue weighted by molar-refractivity contribution is 0.664. The maximum absolute atomic E-state index is 8.57. The minimum absolute atomic E-state index is 0.399. The molecule has 2 rings (SSSR count). The monoisotopic (exact) mass is 218 g/mol. The summed E-state index contributed by atoms with van der Waals surface area (Å²) in [4.78, 5) is 4.84. The van der Waals surface area contributed by atoms with E-state index in [0.29, 0.717) is 10.9 Å². The van der Waals surface area contributed by atoms with Gasteiger partial charge in [-0.05, 0) is 34.3 Å². The molecule has 74 valence electrons. The summed E-state index contributed by atoms with van der Waals surface area (Å²) in [6.45, 7) is 0. The Balaban J connectivity index is 2.19. The van der Waals surface area contributed by atoms with Gasteiger partial charge in [-0.3, -0.25) is 0 Å². The number of hydrogen-bond donors (Lipinski definition) is 0. The molecule has 0 bridgehead atoms. The number of nitrogens with zero attached hydrogens (tertiary/aromatic N) is 6. The van der Waals surface area contributed by atoms with Crippen molar-refractivity contribution in [2.24, 2.45) is 7.05 Å². The Morgan fingerprint density at radius 1 is 1.47 bits per heavy atom. The molecule has 0 aliphatic heterocycles. The number of nitriles is 1. The molecule has 0 fully saturated rings. The molecule has 0 aromatic carbocycles. The van der Waals surface area contributed by atoms with Crippen LogP contribution in [0.25, 0.3) is 0 Å². The van der Waals surface area contributed by atoms with E-state index >= 15 is 0 Å². The van der Waals surface area contributed by atoms with E-state index in [2.05, 4.69) is 20.5 Å². The molecule has 2 aromatic rings. The fourth-order valence-electron chi connectivity index (χ4n) is 0.920. The molecule has 0 N–H and O–H groups in total. The fraction of sp³-hybridized carbons (Fsp3) is 0.125. The van der Waals surface area contributed by atoms with Gasteiger partial charge in [-0.25, -0.2) is 9.67 Å². The van der Waals surface area contributed by atoms with Crippen molar-refractivity contribution in [1.82, 2.24) is 25.2 Å². The van der Waals surface area contributed by atoms with Crippen LogP contribution in [0.15, 0.2) is 28.4 Å². The van der Waals surface area contributed by atoms with Gasteiger partial charge < -0.3 is 0 Å². The highest BCUT2D eigenvalue weighted by Gasteiger charge is 2.04. The second kappa shape index (κ2) is 4.06. The van der Waals surface area contributed by atoms with Crippen LogP contribution in [-0.2, 0) is 7.05 Å². The molecular formula is C8H6N6S. The maximum atomic E-state index is 8.57. The summed E-state index contributed by atoms with van der Waals surface area (Å²) >= 11 is 1.40. The molecule has 0 saturated heterocycles. The third-order valence-electron chi connectivity index (χ3n) is 1.64. The quantitative estimate of drug-likeness (QED) is 0.735. The molecule has 0 radical (unpaired) electrons. The zero-order valence-corrected chi connectivity index (χ0v) is 8.64. The van der Waals surface area contributed by atoms with Crippen molar-refractivity contribution < 1.29 is 0 Å². The Kier molecular flexibility index (Phi) is 2.60. The Hall–Kier alpha value is -1.94. The summed E-state index contributed by atoms with van der Waals surface area (Å²) in [6.07, 6.45) is 1.62. The zero-order chi connectivity index (χ0) is 10.7. The first-order valence-electron chi connectivity index (χ1n) is 4.06. The average molecular weight is 218 g/mol. The van der Waals surface area contributed by atoms with Crippen LogP contribution in [0.2, 0.25) is 0 Å². The van der Waals surface area contributed by atoms with Crippen molar-refractivity contribution in [2.45, 2.75) is 10.1 Å². The van der Waals surface area contributed by atoms with E-state index in [-0.39, 0.29) is 0 Å². The number of aryl methyl sites for hydroxylation is 1. The summed E-state index contributed by atoms with van der Waals surface area (Å²) in [6, 6.07) is 5.43. The van der Waals surface area contributed by atoms with Crippen molar-refractivity contribution in [3.8, 4) is 6.07 Å². The predicted octanol–water partition coefficient (Wildman–Crippen LogP) is 0.628. The first-order chi connectivity index (χ1) is 7.29. The summed E-state index contributed by atoms with van der Waals surface area (Å²) in [5.74, 6) is 0. The first kappa shape index (κ1) is 9.61. The minimum Gasteiger partial charge on any atom is -0.244 e. The fourth-order valence-corrected chi connectivity index (χ4v) is 1.62. The van der Waals surface area contributed by atoms with Crippen LogP contribution in [0.4, 0.5) is 0 Å². The average Bonchev–Trinajstić information content (AvgIpc) is 2.66. The Morgan fingerprint density at radius 2 is 2.33 bits per heavy atom. The van der Waals surface area contributed by atoms with Gasteiger partial charge in [0, 0.05) is 18.1 Å². The van der Waals surface area contributed by atoms with Crippen LogP contribution >= 0.6 is 11.8 Å². The SMILES string of the molecule is Cn1nnnc1Sc1ccc(C#N)nc1. The third kappa shape index (κ3) is 2.11. The van der Waals surface area contributed by atoms with E-state index in [1.165, 1.54) is 11.8 Å². The van der Waals surface area contributed by atoms with Crippen molar-refractivity contribution in [3.05, 3.63) is 24.0 Å². The van der Waals surface area contributed by atoms with E-state index < -0.39 is 0 Å². The summed E-state index contributed by atoms with van der Waals surface area (Å²) in [7, 11) is 1.76. The lowest BCUT2D eigenvalue weighted by Crippen LogP contribution is -1.92. The molecule has 0 spiro atoms. The van der Waals surface area contributed by atoms with Gasteiger partial charge in [0.15, 0.2) is 0 Å². The second-order valence-electron chi connectivity index (χ2n) is 2.68. The third-order valence-corrected chi connectivity index (χ3v) is 2.65. The molecule has 0 aliphatic carbocycles. The summed E-state index contributed by atoms with van der Waals surface area (Å²) in [5, 5.41) is 20.3. The highest BCUT2D eigenvalue weighted by molar-refractivity contribution is 7.99.